The molecular weight excluding hydrogens is 483 g/mol. The summed E-state index contributed by atoms with van der Waals surface area (Å²) in [6, 6.07) is 9.28. The Labute approximate surface area is 202 Å². The molecule has 36 heavy (non-hydrogen) atoms. The zero-order valence-corrected chi connectivity index (χ0v) is 18.9. The highest BCUT2D eigenvalue weighted by Crippen LogP contribution is 2.29. The van der Waals surface area contributed by atoms with Gasteiger partial charge in [-0.1, -0.05) is 24.3 Å². The molecule has 13 heteroatoms. The van der Waals surface area contributed by atoms with Crippen molar-refractivity contribution in [1.82, 2.24) is 9.47 Å². The number of amides is 4. The number of hydrogen-bond acceptors (Lipinski definition) is 5. The third kappa shape index (κ3) is 5.35. The largest absolute Gasteiger partial charge is 0.573 e. The molecule has 10 nitrogen and oxygen atoms in total. The molecule has 0 aliphatic carbocycles. The number of nitrogens with one attached hydrogen (secondary N) is 2. The molecule has 1 fully saturated rings. The van der Waals surface area contributed by atoms with E-state index in [1.54, 1.807) is 24.3 Å². The average Bonchev–Trinajstić information content (AvgIpc) is 3.41. The van der Waals surface area contributed by atoms with E-state index in [0.717, 1.165) is 12.1 Å². The Morgan fingerprint density at radius 2 is 1.83 bits per heavy atom. The number of methoxy groups -OCH3 is 1. The standard InChI is InChI=1S/C23H22F3N5O5/c1-35-15-10-19(20(32)28-13-5-4-6-14(9-13)36-23(24,25)26)31(11-15)22(34)29-17-12-30(21(27)33)18-8-3-2-7-16(17)18/h2-9,12,15,19H,10-11H2,1H3,(H2,27,33)(H,28,32)(H,29,34)/t15-,19+/m1/s1. The molecule has 4 amide bonds. The van der Waals surface area contributed by atoms with Gasteiger partial charge in [-0.05, 0) is 18.2 Å². The Kier molecular flexibility index (Phi) is 6.75. The van der Waals surface area contributed by atoms with Gasteiger partial charge in [0.1, 0.15) is 11.8 Å². The van der Waals surface area contributed by atoms with E-state index in [-0.39, 0.29) is 18.7 Å². The summed E-state index contributed by atoms with van der Waals surface area (Å²) in [7, 11) is 1.44. The first-order chi connectivity index (χ1) is 17.1. The quantitative estimate of drug-likeness (QED) is 0.487. The number of benzene rings is 2. The van der Waals surface area contributed by atoms with E-state index >= 15 is 0 Å². The van der Waals surface area contributed by atoms with Crippen LogP contribution in [0.2, 0.25) is 0 Å². The Morgan fingerprint density at radius 1 is 1.08 bits per heavy atom. The van der Waals surface area contributed by atoms with Crippen molar-refractivity contribution in [2.75, 3.05) is 24.3 Å². The summed E-state index contributed by atoms with van der Waals surface area (Å²) >= 11 is 0. The second-order valence-electron chi connectivity index (χ2n) is 8.02. The van der Waals surface area contributed by atoms with Gasteiger partial charge in [0.05, 0.1) is 17.3 Å². The normalized spacial score (nSPS) is 17.7. The number of nitrogens with two attached hydrogens (primary N) is 1. The second kappa shape index (κ2) is 9.77. The zero-order valence-electron chi connectivity index (χ0n) is 18.9. The monoisotopic (exact) mass is 505 g/mol. The highest BCUT2D eigenvalue weighted by molar-refractivity contribution is 6.06. The first kappa shape index (κ1) is 24.9. The lowest BCUT2D eigenvalue weighted by molar-refractivity contribution is -0.274. The third-order valence-corrected chi connectivity index (χ3v) is 5.69. The fourth-order valence-electron chi connectivity index (χ4n) is 4.09. The number of anilines is 2. The van der Waals surface area contributed by atoms with E-state index in [0.29, 0.717) is 16.6 Å². The smallest absolute Gasteiger partial charge is 0.406 e. The van der Waals surface area contributed by atoms with Gasteiger partial charge in [0, 0.05) is 43.4 Å². The summed E-state index contributed by atoms with van der Waals surface area (Å²) in [4.78, 5) is 39.3. The van der Waals surface area contributed by atoms with Gasteiger partial charge in [0.25, 0.3) is 0 Å². The van der Waals surface area contributed by atoms with Crippen molar-refractivity contribution in [2.45, 2.75) is 24.9 Å². The number of urea groups is 1. The molecule has 0 unspecified atom stereocenters. The average molecular weight is 505 g/mol. The molecule has 0 radical (unpaired) electrons. The molecule has 190 valence electrons. The van der Waals surface area contributed by atoms with Crippen molar-refractivity contribution < 1.29 is 37.0 Å². The van der Waals surface area contributed by atoms with Crippen LogP contribution in [-0.2, 0) is 9.53 Å². The number of carbonyl (C=O) groups excluding carboxylic acids is 3. The lowest BCUT2D eigenvalue weighted by Crippen LogP contribution is -2.45. The maximum absolute atomic E-state index is 13.2. The number of likely N-dealkylation sites (tertiary alicyclic amines) is 1. The summed E-state index contributed by atoms with van der Waals surface area (Å²) in [5.41, 5.74) is 6.29. The lowest BCUT2D eigenvalue weighted by Gasteiger charge is -2.24. The minimum absolute atomic E-state index is 0.0625. The minimum Gasteiger partial charge on any atom is -0.406 e. The van der Waals surface area contributed by atoms with Crippen molar-refractivity contribution in [2.24, 2.45) is 5.73 Å². The van der Waals surface area contributed by atoms with Gasteiger partial charge in [-0.15, -0.1) is 13.2 Å². The number of aromatic nitrogens is 1. The molecule has 1 aromatic heterocycles. The molecule has 2 aromatic carbocycles. The van der Waals surface area contributed by atoms with Crippen molar-refractivity contribution in [3.63, 3.8) is 0 Å². The topological polar surface area (TPSA) is 128 Å². The maximum atomic E-state index is 13.2. The Morgan fingerprint density at radius 3 is 2.53 bits per heavy atom. The van der Waals surface area contributed by atoms with Crippen LogP contribution in [0.15, 0.2) is 54.7 Å². The molecule has 2 heterocycles. The van der Waals surface area contributed by atoms with Crippen LogP contribution in [0, 0.1) is 0 Å². The van der Waals surface area contributed by atoms with Crippen LogP contribution >= 0.6 is 0 Å². The fraction of sp³-hybridized carbons (Fsp3) is 0.261. The second-order valence-corrected chi connectivity index (χ2v) is 8.02. The van der Waals surface area contributed by atoms with Crippen LogP contribution in [0.3, 0.4) is 0 Å². The SMILES string of the molecule is CO[C@@H]1C[C@@H](C(=O)Nc2cccc(OC(F)(F)F)c2)N(C(=O)Nc2cn(C(N)=O)c3ccccc23)C1. The van der Waals surface area contributed by atoms with Gasteiger partial charge < -0.3 is 30.7 Å². The molecule has 1 aliphatic rings. The van der Waals surface area contributed by atoms with E-state index < -0.39 is 42.2 Å². The Bertz CT molecular complexity index is 1310. The number of ether oxygens (including phenoxy) is 2. The van der Waals surface area contributed by atoms with Crippen molar-refractivity contribution in [3.8, 4) is 5.75 Å². The molecular formula is C23H22F3N5O5. The molecule has 4 rings (SSSR count). The van der Waals surface area contributed by atoms with Crippen LogP contribution in [0.1, 0.15) is 6.42 Å². The number of carbonyl (C=O) groups is 3. The fourth-order valence-corrected chi connectivity index (χ4v) is 4.09. The van der Waals surface area contributed by atoms with Gasteiger partial charge in [-0.3, -0.25) is 9.36 Å². The number of alkyl halides is 3. The van der Waals surface area contributed by atoms with Gasteiger partial charge in [-0.2, -0.15) is 0 Å². The van der Waals surface area contributed by atoms with E-state index in [9.17, 15) is 27.6 Å². The number of hydrogen-bond donors (Lipinski definition) is 3. The Hall–Kier alpha value is -4.26. The molecule has 0 spiro atoms. The van der Waals surface area contributed by atoms with Crippen molar-refractivity contribution in [1.29, 1.82) is 0 Å². The highest BCUT2D eigenvalue weighted by Gasteiger charge is 2.40. The maximum Gasteiger partial charge on any atom is 0.573 e. The number of halogens is 3. The summed E-state index contributed by atoms with van der Waals surface area (Å²) in [6.07, 6.45) is -3.78. The number of para-hydroxylation sites is 1. The molecule has 1 saturated heterocycles. The van der Waals surface area contributed by atoms with Crippen LogP contribution in [0.25, 0.3) is 10.9 Å². The van der Waals surface area contributed by atoms with Crippen LogP contribution in [0.4, 0.5) is 34.1 Å². The molecule has 2 atom stereocenters. The van der Waals surface area contributed by atoms with Crippen LogP contribution in [-0.4, -0.2) is 59.6 Å². The van der Waals surface area contributed by atoms with Crippen molar-refractivity contribution in [3.05, 3.63) is 54.7 Å². The van der Waals surface area contributed by atoms with Gasteiger partial charge in [-0.25, -0.2) is 9.59 Å². The van der Waals surface area contributed by atoms with E-state index in [2.05, 4.69) is 15.4 Å². The number of primary amides is 1. The van der Waals surface area contributed by atoms with E-state index in [4.69, 9.17) is 10.5 Å². The minimum atomic E-state index is -4.88. The van der Waals surface area contributed by atoms with Gasteiger partial charge in [0.2, 0.25) is 5.91 Å². The molecule has 0 bridgehead atoms. The summed E-state index contributed by atoms with van der Waals surface area (Å²) in [5.74, 6) is -1.12. The first-order valence-corrected chi connectivity index (χ1v) is 10.7. The number of nitrogens with zero attached hydrogens (tertiary/aromatic N) is 2. The first-order valence-electron chi connectivity index (χ1n) is 10.7. The summed E-state index contributed by atoms with van der Waals surface area (Å²) in [5, 5.41) is 5.80. The number of rotatable bonds is 5. The third-order valence-electron chi connectivity index (χ3n) is 5.69. The van der Waals surface area contributed by atoms with Gasteiger partial charge in [0.15, 0.2) is 0 Å². The van der Waals surface area contributed by atoms with Crippen molar-refractivity contribution >= 4 is 40.2 Å². The molecule has 1 aliphatic heterocycles. The molecule has 4 N–H and O–H groups in total. The van der Waals surface area contributed by atoms with Crippen LogP contribution in [0.5, 0.6) is 5.75 Å². The van der Waals surface area contributed by atoms with Crippen LogP contribution < -0.4 is 21.1 Å². The molecule has 0 saturated carbocycles. The lowest BCUT2D eigenvalue weighted by atomic mass is 10.1. The highest BCUT2D eigenvalue weighted by atomic mass is 19.4. The Balaban J connectivity index is 1.53. The summed E-state index contributed by atoms with van der Waals surface area (Å²) < 4.78 is 48.0. The van der Waals surface area contributed by atoms with E-state index in [1.165, 1.54) is 34.9 Å². The number of fused-ring (bicyclic) bond motifs is 1. The van der Waals surface area contributed by atoms with Gasteiger partial charge >= 0.3 is 18.4 Å². The predicted octanol–water partition coefficient (Wildman–Crippen LogP) is 3.73. The van der Waals surface area contributed by atoms with E-state index in [1.807, 2.05) is 0 Å². The molecule has 3 aromatic rings. The summed E-state index contributed by atoms with van der Waals surface area (Å²) in [6.45, 7) is 0.0894. The predicted molar refractivity (Wildman–Crippen MR) is 124 cm³/mol. The zero-order chi connectivity index (χ0) is 26.0.